The SMILES string of the molecule is CCc1ccc([C@H]2CC[C@H](CCc3ccc(N=C=S)cc3)CC2)cc1. The van der Waals surface area contributed by atoms with E-state index in [9.17, 15) is 0 Å². The molecule has 1 saturated carbocycles. The van der Waals surface area contributed by atoms with Gasteiger partial charge in [-0.3, -0.25) is 0 Å². The van der Waals surface area contributed by atoms with Crippen LogP contribution in [0, 0.1) is 5.92 Å². The number of isothiocyanates is 1. The lowest BCUT2D eigenvalue weighted by atomic mass is 9.77. The number of thiocarbonyl (C=S) groups is 1. The minimum Gasteiger partial charge on any atom is -0.195 e. The number of aryl methyl sites for hydroxylation is 2. The van der Waals surface area contributed by atoms with Gasteiger partial charge in [-0.15, -0.1) is 0 Å². The lowest BCUT2D eigenvalue weighted by Gasteiger charge is -2.29. The fraction of sp³-hybridized carbons (Fsp3) is 0.435. The summed E-state index contributed by atoms with van der Waals surface area (Å²) in [6.45, 7) is 2.22. The average molecular weight is 350 g/mol. The second-order valence-corrected chi connectivity index (χ2v) is 7.40. The molecule has 0 aromatic heterocycles. The molecule has 0 amide bonds. The van der Waals surface area contributed by atoms with Crippen LogP contribution in [-0.4, -0.2) is 5.16 Å². The van der Waals surface area contributed by atoms with Crippen LogP contribution in [0.2, 0.25) is 0 Å². The number of hydrogen-bond donors (Lipinski definition) is 0. The molecule has 0 aliphatic heterocycles. The van der Waals surface area contributed by atoms with Gasteiger partial charge in [0, 0.05) is 0 Å². The van der Waals surface area contributed by atoms with Crippen LogP contribution in [0.1, 0.15) is 61.6 Å². The van der Waals surface area contributed by atoms with Crippen molar-refractivity contribution in [3.8, 4) is 0 Å². The molecule has 0 atom stereocenters. The Morgan fingerprint density at radius 2 is 1.56 bits per heavy atom. The number of nitrogens with zero attached hydrogens (tertiary/aromatic N) is 1. The van der Waals surface area contributed by atoms with Crippen molar-refractivity contribution >= 4 is 23.1 Å². The Hall–Kier alpha value is -1.76. The Morgan fingerprint density at radius 3 is 2.16 bits per heavy atom. The van der Waals surface area contributed by atoms with Crippen LogP contribution in [0.4, 0.5) is 5.69 Å². The lowest BCUT2D eigenvalue weighted by molar-refractivity contribution is 0.310. The molecule has 130 valence electrons. The average Bonchev–Trinajstić information content (AvgIpc) is 2.68. The minimum atomic E-state index is 0.772. The lowest BCUT2D eigenvalue weighted by Crippen LogP contribution is -2.14. The first-order chi connectivity index (χ1) is 12.3. The van der Waals surface area contributed by atoms with E-state index in [-0.39, 0.29) is 0 Å². The smallest absolute Gasteiger partial charge is 0.0739 e. The fourth-order valence-electron chi connectivity index (χ4n) is 3.97. The molecular formula is C23H27NS. The number of hydrogen-bond acceptors (Lipinski definition) is 2. The van der Waals surface area contributed by atoms with Gasteiger partial charge >= 0.3 is 0 Å². The van der Waals surface area contributed by atoms with Gasteiger partial charge < -0.3 is 0 Å². The molecule has 0 saturated heterocycles. The summed E-state index contributed by atoms with van der Waals surface area (Å²) in [5.41, 5.74) is 5.29. The summed E-state index contributed by atoms with van der Waals surface area (Å²) in [5.74, 6) is 1.65. The summed E-state index contributed by atoms with van der Waals surface area (Å²) in [4.78, 5) is 4.01. The Kier molecular flexibility index (Phi) is 6.55. The van der Waals surface area contributed by atoms with E-state index >= 15 is 0 Å². The van der Waals surface area contributed by atoms with Gasteiger partial charge in [-0.05, 0) is 97.8 Å². The van der Waals surface area contributed by atoms with E-state index in [0.717, 1.165) is 23.9 Å². The zero-order chi connectivity index (χ0) is 17.5. The number of aliphatic imine (C=N–C) groups is 1. The standard InChI is InChI=1S/C23H27NS/c1-2-18-5-11-21(12-6-18)22-13-7-19(8-14-22)3-4-20-9-15-23(16-10-20)24-17-25/h5-6,9-12,15-16,19,22H,2-4,7-8,13-14H2,1H3/t19-,22-. The van der Waals surface area contributed by atoms with Crippen LogP contribution in [0.3, 0.4) is 0 Å². The van der Waals surface area contributed by atoms with E-state index in [0.29, 0.717) is 0 Å². The summed E-state index contributed by atoms with van der Waals surface area (Å²) in [5, 5.41) is 2.42. The maximum Gasteiger partial charge on any atom is 0.0739 e. The van der Waals surface area contributed by atoms with Crippen LogP contribution in [0.5, 0.6) is 0 Å². The monoisotopic (exact) mass is 349 g/mol. The van der Waals surface area contributed by atoms with Crippen molar-refractivity contribution in [1.82, 2.24) is 0 Å². The second kappa shape index (κ2) is 9.08. The molecule has 1 nitrogen and oxygen atoms in total. The van der Waals surface area contributed by atoms with E-state index in [1.165, 1.54) is 49.7 Å². The molecule has 0 bridgehead atoms. The van der Waals surface area contributed by atoms with Crippen molar-refractivity contribution in [3.05, 3.63) is 65.2 Å². The largest absolute Gasteiger partial charge is 0.195 e. The Morgan fingerprint density at radius 1 is 0.920 bits per heavy atom. The van der Waals surface area contributed by atoms with E-state index in [2.05, 4.69) is 65.7 Å². The van der Waals surface area contributed by atoms with Gasteiger partial charge in [0.2, 0.25) is 0 Å². The molecule has 1 aliphatic carbocycles. The molecule has 0 unspecified atom stereocenters. The van der Waals surface area contributed by atoms with Gasteiger partial charge in [0.05, 0.1) is 10.8 Å². The van der Waals surface area contributed by atoms with Crippen LogP contribution in [0.25, 0.3) is 0 Å². The first-order valence-electron chi connectivity index (χ1n) is 9.54. The van der Waals surface area contributed by atoms with E-state index in [1.54, 1.807) is 5.56 Å². The van der Waals surface area contributed by atoms with Crippen molar-refractivity contribution < 1.29 is 0 Å². The molecule has 0 N–H and O–H groups in total. The van der Waals surface area contributed by atoms with Gasteiger partial charge in [-0.25, -0.2) is 0 Å². The molecular weight excluding hydrogens is 322 g/mol. The van der Waals surface area contributed by atoms with Gasteiger partial charge in [0.1, 0.15) is 0 Å². The summed E-state index contributed by atoms with van der Waals surface area (Å²) in [6, 6.07) is 17.7. The first kappa shape index (κ1) is 18.0. The third-order valence-electron chi connectivity index (χ3n) is 5.66. The molecule has 0 spiro atoms. The van der Waals surface area contributed by atoms with Crippen molar-refractivity contribution in [2.45, 2.75) is 57.8 Å². The van der Waals surface area contributed by atoms with Crippen LogP contribution in [-0.2, 0) is 12.8 Å². The summed E-state index contributed by atoms with van der Waals surface area (Å²) >= 11 is 4.64. The van der Waals surface area contributed by atoms with Crippen LogP contribution >= 0.6 is 12.2 Å². The molecule has 25 heavy (non-hydrogen) atoms. The maximum atomic E-state index is 4.64. The molecule has 0 heterocycles. The fourth-order valence-corrected chi connectivity index (χ4v) is 4.08. The van der Waals surface area contributed by atoms with E-state index < -0.39 is 0 Å². The van der Waals surface area contributed by atoms with E-state index in [4.69, 9.17) is 0 Å². The Bertz CT molecular complexity index is 703. The highest BCUT2D eigenvalue weighted by Crippen LogP contribution is 2.37. The topological polar surface area (TPSA) is 12.4 Å². The third kappa shape index (κ3) is 5.11. The quantitative estimate of drug-likeness (QED) is 0.408. The predicted molar refractivity (Wildman–Crippen MR) is 110 cm³/mol. The van der Waals surface area contributed by atoms with Crippen molar-refractivity contribution in [3.63, 3.8) is 0 Å². The molecule has 1 aliphatic rings. The Balaban J connectivity index is 1.46. The Labute approximate surface area is 157 Å². The second-order valence-electron chi connectivity index (χ2n) is 7.22. The van der Waals surface area contributed by atoms with Gasteiger partial charge in [-0.1, -0.05) is 43.3 Å². The third-order valence-corrected chi connectivity index (χ3v) is 5.75. The van der Waals surface area contributed by atoms with Gasteiger partial charge in [0.25, 0.3) is 0 Å². The minimum absolute atomic E-state index is 0.772. The summed E-state index contributed by atoms with van der Waals surface area (Å²) < 4.78 is 0. The number of benzene rings is 2. The summed E-state index contributed by atoms with van der Waals surface area (Å²) in [7, 11) is 0. The molecule has 2 aromatic carbocycles. The molecule has 3 rings (SSSR count). The molecule has 0 radical (unpaired) electrons. The van der Waals surface area contributed by atoms with Crippen LogP contribution < -0.4 is 0 Å². The maximum absolute atomic E-state index is 4.64. The zero-order valence-corrected chi connectivity index (χ0v) is 15.9. The predicted octanol–water partition coefficient (Wildman–Crippen LogP) is 6.89. The first-order valence-corrected chi connectivity index (χ1v) is 9.95. The van der Waals surface area contributed by atoms with Crippen LogP contribution in [0.15, 0.2) is 53.5 Å². The highest BCUT2D eigenvalue weighted by atomic mass is 32.1. The highest BCUT2D eigenvalue weighted by molar-refractivity contribution is 7.78. The summed E-state index contributed by atoms with van der Waals surface area (Å²) in [6.07, 6.45) is 9.03. The zero-order valence-electron chi connectivity index (χ0n) is 15.1. The van der Waals surface area contributed by atoms with Gasteiger partial charge in [0.15, 0.2) is 0 Å². The highest BCUT2D eigenvalue weighted by Gasteiger charge is 2.22. The molecule has 2 heteroatoms. The molecule has 1 fully saturated rings. The van der Waals surface area contributed by atoms with E-state index in [1.807, 2.05) is 12.1 Å². The van der Waals surface area contributed by atoms with Crippen molar-refractivity contribution in [1.29, 1.82) is 0 Å². The normalized spacial score (nSPS) is 20.0. The molecule has 2 aromatic rings. The van der Waals surface area contributed by atoms with Crippen molar-refractivity contribution in [2.75, 3.05) is 0 Å². The van der Waals surface area contributed by atoms with Gasteiger partial charge in [-0.2, -0.15) is 4.99 Å². The van der Waals surface area contributed by atoms with Crippen molar-refractivity contribution in [2.24, 2.45) is 10.9 Å². The number of rotatable bonds is 6.